The van der Waals surface area contributed by atoms with Crippen molar-refractivity contribution in [3.63, 3.8) is 0 Å². The van der Waals surface area contributed by atoms with E-state index >= 15 is 0 Å². The number of benzene rings is 1. The molecule has 0 radical (unpaired) electrons. The number of carbonyl (C=O) groups is 1. The molecule has 2 N–H and O–H groups in total. The minimum atomic E-state index is -0.0391. The molecular formula is C13H18Cl2N2O2. The van der Waals surface area contributed by atoms with Crippen molar-refractivity contribution in [2.75, 3.05) is 20.2 Å². The molecular weight excluding hydrogens is 287 g/mol. The van der Waals surface area contributed by atoms with Crippen molar-refractivity contribution in [3.8, 4) is 5.75 Å². The van der Waals surface area contributed by atoms with Crippen molar-refractivity contribution in [2.45, 2.75) is 19.9 Å². The first-order valence-electron chi connectivity index (χ1n) is 6.10. The average molecular weight is 305 g/mol. The molecule has 0 heterocycles. The van der Waals surface area contributed by atoms with Crippen LogP contribution >= 0.6 is 23.2 Å². The van der Waals surface area contributed by atoms with Gasteiger partial charge in [-0.05, 0) is 26.1 Å². The Bertz CT molecular complexity index is 439. The van der Waals surface area contributed by atoms with Gasteiger partial charge in [0.25, 0.3) is 0 Å². The van der Waals surface area contributed by atoms with Gasteiger partial charge in [0.15, 0.2) is 0 Å². The molecule has 0 aliphatic rings. The Kier molecular flexibility index (Phi) is 6.99. The second-order valence-electron chi connectivity index (χ2n) is 3.96. The van der Waals surface area contributed by atoms with Gasteiger partial charge in [0.2, 0.25) is 5.91 Å². The predicted octanol–water partition coefficient (Wildman–Crippen LogP) is 2.62. The highest BCUT2D eigenvalue weighted by Gasteiger charge is 2.11. The van der Waals surface area contributed by atoms with Gasteiger partial charge in [0.05, 0.1) is 18.1 Å². The summed E-state index contributed by atoms with van der Waals surface area (Å²) in [5.41, 5.74) is 0.871. The van der Waals surface area contributed by atoms with E-state index in [-0.39, 0.29) is 12.5 Å². The molecule has 0 unspecified atom stereocenters. The van der Waals surface area contributed by atoms with Crippen LogP contribution in [-0.4, -0.2) is 26.1 Å². The number of nitrogens with one attached hydrogen (secondary N) is 2. The van der Waals surface area contributed by atoms with Crippen LogP contribution in [0.2, 0.25) is 10.0 Å². The van der Waals surface area contributed by atoms with Gasteiger partial charge in [-0.25, -0.2) is 0 Å². The smallest absolute Gasteiger partial charge is 0.223 e. The highest BCUT2D eigenvalue weighted by atomic mass is 35.5. The topological polar surface area (TPSA) is 50.4 Å². The lowest BCUT2D eigenvalue weighted by molar-refractivity contribution is -0.121. The molecule has 0 spiro atoms. The van der Waals surface area contributed by atoms with Crippen LogP contribution in [-0.2, 0) is 11.3 Å². The molecule has 0 saturated heterocycles. The number of hydrogen-bond acceptors (Lipinski definition) is 3. The van der Waals surface area contributed by atoms with Crippen molar-refractivity contribution in [2.24, 2.45) is 0 Å². The summed E-state index contributed by atoms with van der Waals surface area (Å²) in [6, 6.07) is 3.43. The molecule has 0 atom stereocenters. The molecule has 0 saturated carbocycles. The molecule has 0 aromatic heterocycles. The zero-order chi connectivity index (χ0) is 14.3. The van der Waals surface area contributed by atoms with Crippen LogP contribution in [0.15, 0.2) is 12.1 Å². The standard InChI is InChI=1S/C13H18Cl2N2O2/c1-3-17-12(18)4-5-19-13-9(8-16-2)6-10(14)7-11(13)15/h6-7,16H,3-5,8H2,1-2H3,(H,17,18). The minimum absolute atomic E-state index is 0.0391. The molecule has 106 valence electrons. The van der Waals surface area contributed by atoms with Crippen molar-refractivity contribution < 1.29 is 9.53 Å². The van der Waals surface area contributed by atoms with Crippen LogP contribution in [0.4, 0.5) is 0 Å². The molecule has 1 rings (SSSR count). The van der Waals surface area contributed by atoms with Crippen molar-refractivity contribution in [1.29, 1.82) is 0 Å². The van der Waals surface area contributed by atoms with E-state index in [4.69, 9.17) is 27.9 Å². The summed E-state index contributed by atoms with van der Waals surface area (Å²) in [4.78, 5) is 11.3. The fourth-order valence-electron chi connectivity index (χ4n) is 1.63. The number of halogens is 2. The van der Waals surface area contributed by atoms with Crippen LogP contribution in [0, 0.1) is 0 Å². The van der Waals surface area contributed by atoms with Crippen LogP contribution in [0.3, 0.4) is 0 Å². The van der Waals surface area contributed by atoms with Gasteiger partial charge in [-0.3, -0.25) is 4.79 Å². The first-order chi connectivity index (χ1) is 9.08. The maximum Gasteiger partial charge on any atom is 0.223 e. The third kappa shape index (κ3) is 5.27. The Morgan fingerprint density at radius 3 is 2.74 bits per heavy atom. The summed E-state index contributed by atoms with van der Waals surface area (Å²) >= 11 is 12.1. The molecule has 19 heavy (non-hydrogen) atoms. The molecule has 0 fully saturated rings. The summed E-state index contributed by atoms with van der Waals surface area (Å²) in [5.74, 6) is 0.535. The van der Waals surface area contributed by atoms with Crippen LogP contribution in [0.1, 0.15) is 18.9 Å². The van der Waals surface area contributed by atoms with Gasteiger partial charge < -0.3 is 15.4 Å². The van der Waals surface area contributed by atoms with Crippen molar-refractivity contribution >= 4 is 29.1 Å². The lowest BCUT2D eigenvalue weighted by Gasteiger charge is -2.13. The maximum atomic E-state index is 11.3. The number of carbonyl (C=O) groups excluding carboxylic acids is 1. The first-order valence-corrected chi connectivity index (χ1v) is 6.86. The predicted molar refractivity (Wildman–Crippen MR) is 78.0 cm³/mol. The summed E-state index contributed by atoms with van der Waals surface area (Å²) in [5, 5.41) is 6.75. The number of rotatable bonds is 7. The summed E-state index contributed by atoms with van der Waals surface area (Å²) in [6.07, 6.45) is 0.297. The van der Waals surface area contributed by atoms with Crippen molar-refractivity contribution in [1.82, 2.24) is 10.6 Å². The summed E-state index contributed by atoms with van der Waals surface area (Å²) < 4.78 is 5.60. The lowest BCUT2D eigenvalue weighted by atomic mass is 10.2. The molecule has 0 bridgehead atoms. The molecule has 6 heteroatoms. The number of hydrogen-bond donors (Lipinski definition) is 2. The Morgan fingerprint density at radius 2 is 2.11 bits per heavy atom. The van der Waals surface area contributed by atoms with Gasteiger partial charge in [-0.2, -0.15) is 0 Å². The largest absolute Gasteiger partial charge is 0.491 e. The number of ether oxygens (including phenoxy) is 1. The maximum absolute atomic E-state index is 11.3. The normalized spacial score (nSPS) is 10.3. The molecule has 1 amide bonds. The quantitative estimate of drug-likeness (QED) is 0.814. The van der Waals surface area contributed by atoms with Crippen LogP contribution in [0.25, 0.3) is 0 Å². The third-order valence-corrected chi connectivity index (χ3v) is 2.90. The highest BCUT2D eigenvalue weighted by Crippen LogP contribution is 2.32. The highest BCUT2D eigenvalue weighted by molar-refractivity contribution is 6.35. The van der Waals surface area contributed by atoms with Gasteiger partial charge in [-0.15, -0.1) is 0 Å². The second-order valence-corrected chi connectivity index (χ2v) is 4.80. The minimum Gasteiger partial charge on any atom is -0.491 e. The Labute approximate surface area is 123 Å². The van der Waals surface area contributed by atoms with E-state index in [0.29, 0.717) is 35.3 Å². The average Bonchev–Trinajstić information content (AvgIpc) is 2.33. The zero-order valence-electron chi connectivity index (χ0n) is 11.1. The van der Waals surface area contributed by atoms with Gasteiger partial charge in [-0.1, -0.05) is 23.2 Å². The lowest BCUT2D eigenvalue weighted by Crippen LogP contribution is -2.24. The molecule has 1 aromatic carbocycles. The third-order valence-electron chi connectivity index (χ3n) is 2.40. The van der Waals surface area contributed by atoms with Gasteiger partial charge in [0.1, 0.15) is 5.75 Å². The monoisotopic (exact) mass is 304 g/mol. The second kappa shape index (κ2) is 8.25. The zero-order valence-corrected chi connectivity index (χ0v) is 12.6. The van der Waals surface area contributed by atoms with E-state index in [2.05, 4.69) is 10.6 Å². The fourth-order valence-corrected chi connectivity index (χ4v) is 2.22. The Morgan fingerprint density at radius 1 is 1.37 bits per heavy atom. The van der Waals surface area contributed by atoms with Crippen LogP contribution in [0.5, 0.6) is 5.75 Å². The van der Waals surface area contributed by atoms with E-state index < -0.39 is 0 Å². The van der Waals surface area contributed by atoms with Gasteiger partial charge >= 0.3 is 0 Å². The first kappa shape index (κ1) is 16.1. The molecule has 0 aliphatic carbocycles. The van der Waals surface area contributed by atoms with E-state index in [0.717, 1.165) is 5.56 Å². The molecule has 1 aromatic rings. The SMILES string of the molecule is CCNC(=O)CCOc1c(Cl)cc(Cl)cc1CNC. The molecule has 0 aliphatic heterocycles. The molecule has 4 nitrogen and oxygen atoms in total. The van der Waals surface area contributed by atoms with Crippen LogP contribution < -0.4 is 15.4 Å². The fraction of sp³-hybridized carbons (Fsp3) is 0.462. The van der Waals surface area contributed by atoms with Crippen molar-refractivity contribution in [3.05, 3.63) is 27.7 Å². The van der Waals surface area contributed by atoms with E-state index in [1.165, 1.54) is 0 Å². The Hall–Kier alpha value is -0.970. The van der Waals surface area contributed by atoms with E-state index in [1.54, 1.807) is 12.1 Å². The van der Waals surface area contributed by atoms with E-state index in [9.17, 15) is 4.79 Å². The number of amides is 1. The summed E-state index contributed by atoms with van der Waals surface area (Å²) in [7, 11) is 1.83. The van der Waals surface area contributed by atoms with E-state index in [1.807, 2.05) is 14.0 Å². The Balaban J connectivity index is 2.68. The summed E-state index contributed by atoms with van der Waals surface area (Å²) in [6.45, 7) is 3.37. The van der Waals surface area contributed by atoms with Gasteiger partial charge in [0, 0.05) is 23.7 Å².